The molecule has 2 atom stereocenters. The summed E-state index contributed by atoms with van der Waals surface area (Å²) in [4.78, 5) is 0. The standard InChI is InChI=1S/C16H17ClFNO/c1-11(12-4-2-6-14(17)8-12)19-10-16(20)13-5-3-7-15(18)9-13/h2-9,11,16,19-20H,10H2,1H3/t11-,16?/m1/s1. The summed E-state index contributed by atoms with van der Waals surface area (Å²) in [5.74, 6) is -0.343. The van der Waals surface area contributed by atoms with Crippen molar-refractivity contribution in [2.75, 3.05) is 6.54 Å². The molecule has 2 nitrogen and oxygen atoms in total. The van der Waals surface area contributed by atoms with E-state index in [1.807, 2.05) is 31.2 Å². The van der Waals surface area contributed by atoms with Crippen molar-refractivity contribution in [3.63, 3.8) is 0 Å². The summed E-state index contributed by atoms with van der Waals surface area (Å²) in [5.41, 5.74) is 1.61. The lowest BCUT2D eigenvalue weighted by Gasteiger charge is -2.18. The van der Waals surface area contributed by atoms with Gasteiger partial charge in [-0.2, -0.15) is 0 Å². The highest BCUT2D eigenvalue weighted by molar-refractivity contribution is 6.30. The van der Waals surface area contributed by atoms with Gasteiger partial charge in [0.05, 0.1) is 6.10 Å². The second kappa shape index (κ2) is 6.84. The minimum absolute atomic E-state index is 0.0527. The molecule has 2 rings (SSSR count). The minimum atomic E-state index is -0.743. The third-order valence-corrected chi connectivity index (χ3v) is 3.43. The molecule has 0 aliphatic heterocycles. The van der Waals surface area contributed by atoms with Crippen LogP contribution in [0.1, 0.15) is 30.2 Å². The first-order chi connectivity index (χ1) is 9.56. The van der Waals surface area contributed by atoms with Crippen molar-refractivity contribution in [3.05, 3.63) is 70.5 Å². The second-order valence-corrected chi connectivity index (χ2v) is 5.19. The van der Waals surface area contributed by atoms with Crippen LogP contribution in [0.5, 0.6) is 0 Å². The Morgan fingerprint density at radius 3 is 2.55 bits per heavy atom. The number of hydrogen-bond acceptors (Lipinski definition) is 2. The lowest BCUT2D eigenvalue weighted by atomic mass is 10.1. The molecule has 0 bridgehead atoms. The van der Waals surface area contributed by atoms with E-state index >= 15 is 0 Å². The monoisotopic (exact) mass is 293 g/mol. The maximum atomic E-state index is 13.1. The number of halogens is 2. The average molecular weight is 294 g/mol. The fourth-order valence-corrected chi connectivity index (χ4v) is 2.21. The molecule has 2 aromatic rings. The van der Waals surface area contributed by atoms with Gasteiger partial charge in [-0.1, -0.05) is 35.9 Å². The molecule has 0 aromatic heterocycles. The maximum Gasteiger partial charge on any atom is 0.123 e. The Hall–Kier alpha value is -1.42. The molecule has 0 saturated heterocycles. The van der Waals surface area contributed by atoms with Crippen LogP contribution in [0.3, 0.4) is 0 Å². The molecule has 0 aliphatic carbocycles. The first-order valence-electron chi connectivity index (χ1n) is 6.48. The van der Waals surface area contributed by atoms with Crippen molar-refractivity contribution in [1.82, 2.24) is 5.32 Å². The topological polar surface area (TPSA) is 32.3 Å². The molecule has 0 amide bonds. The van der Waals surface area contributed by atoms with Crippen LogP contribution in [-0.4, -0.2) is 11.7 Å². The van der Waals surface area contributed by atoms with Crippen LogP contribution in [0.2, 0.25) is 5.02 Å². The SMILES string of the molecule is C[C@@H](NCC(O)c1cccc(F)c1)c1cccc(Cl)c1. The van der Waals surface area contributed by atoms with Gasteiger partial charge in [0.1, 0.15) is 5.82 Å². The highest BCUT2D eigenvalue weighted by atomic mass is 35.5. The van der Waals surface area contributed by atoms with Crippen LogP contribution in [0.4, 0.5) is 4.39 Å². The molecule has 0 aliphatic rings. The van der Waals surface area contributed by atoms with E-state index in [2.05, 4.69) is 5.32 Å². The molecule has 106 valence electrons. The molecule has 0 saturated carbocycles. The van der Waals surface area contributed by atoms with E-state index in [0.717, 1.165) is 5.56 Å². The predicted molar refractivity (Wildman–Crippen MR) is 79.2 cm³/mol. The molecular weight excluding hydrogens is 277 g/mol. The molecular formula is C16H17ClFNO. The van der Waals surface area contributed by atoms with Gasteiger partial charge in [-0.3, -0.25) is 0 Å². The smallest absolute Gasteiger partial charge is 0.123 e. The zero-order valence-corrected chi connectivity index (χ0v) is 11.9. The van der Waals surface area contributed by atoms with Crippen LogP contribution in [0, 0.1) is 5.82 Å². The van der Waals surface area contributed by atoms with Gasteiger partial charge in [0, 0.05) is 17.6 Å². The molecule has 4 heteroatoms. The van der Waals surface area contributed by atoms with Gasteiger partial charge in [-0.25, -0.2) is 4.39 Å². The normalized spacial score (nSPS) is 14.0. The molecule has 0 heterocycles. The summed E-state index contributed by atoms with van der Waals surface area (Å²) in [6.07, 6.45) is -0.743. The van der Waals surface area contributed by atoms with Crippen molar-refractivity contribution in [2.45, 2.75) is 19.1 Å². The van der Waals surface area contributed by atoms with E-state index < -0.39 is 6.10 Å². The predicted octanol–water partition coefficient (Wildman–Crippen LogP) is 3.86. The zero-order chi connectivity index (χ0) is 14.5. The van der Waals surface area contributed by atoms with E-state index in [1.165, 1.54) is 12.1 Å². The molecule has 2 N–H and O–H groups in total. The zero-order valence-electron chi connectivity index (χ0n) is 11.2. The second-order valence-electron chi connectivity index (χ2n) is 4.76. The van der Waals surface area contributed by atoms with E-state index in [0.29, 0.717) is 17.1 Å². The number of benzene rings is 2. The van der Waals surface area contributed by atoms with Gasteiger partial charge in [0.2, 0.25) is 0 Å². The molecule has 1 unspecified atom stereocenters. The fourth-order valence-electron chi connectivity index (χ4n) is 2.01. The Balaban J connectivity index is 1.94. The molecule has 0 spiro atoms. The van der Waals surface area contributed by atoms with Crippen molar-refractivity contribution in [3.8, 4) is 0 Å². The highest BCUT2D eigenvalue weighted by Crippen LogP contribution is 2.19. The Morgan fingerprint density at radius 2 is 1.85 bits per heavy atom. The van der Waals surface area contributed by atoms with Crippen LogP contribution in [-0.2, 0) is 0 Å². The van der Waals surface area contributed by atoms with Crippen molar-refractivity contribution < 1.29 is 9.50 Å². The van der Waals surface area contributed by atoms with Gasteiger partial charge in [0.15, 0.2) is 0 Å². The first kappa shape index (κ1) is 15.0. The number of aliphatic hydroxyl groups excluding tert-OH is 1. The molecule has 0 fully saturated rings. The molecule has 20 heavy (non-hydrogen) atoms. The maximum absolute atomic E-state index is 13.1. The van der Waals surface area contributed by atoms with Crippen LogP contribution >= 0.6 is 11.6 Å². The Bertz CT molecular complexity index is 524. The van der Waals surface area contributed by atoms with Gasteiger partial charge in [0.25, 0.3) is 0 Å². The first-order valence-corrected chi connectivity index (χ1v) is 6.86. The summed E-state index contributed by atoms with van der Waals surface area (Å²) in [6.45, 7) is 2.33. The lowest BCUT2D eigenvalue weighted by Crippen LogP contribution is -2.24. The Morgan fingerprint density at radius 1 is 1.15 bits per heavy atom. The summed E-state index contributed by atoms with van der Waals surface area (Å²) in [5, 5.41) is 13.9. The molecule has 2 aromatic carbocycles. The van der Waals surface area contributed by atoms with E-state index in [4.69, 9.17) is 11.6 Å². The van der Waals surface area contributed by atoms with Crippen LogP contribution in [0.15, 0.2) is 48.5 Å². The number of rotatable bonds is 5. The Labute approximate surface area is 123 Å². The van der Waals surface area contributed by atoms with E-state index in [1.54, 1.807) is 12.1 Å². The van der Waals surface area contributed by atoms with Crippen molar-refractivity contribution >= 4 is 11.6 Å². The Kier molecular flexibility index (Phi) is 5.12. The van der Waals surface area contributed by atoms with Crippen LogP contribution < -0.4 is 5.32 Å². The number of aliphatic hydroxyl groups is 1. The summed E-state index contributed by atoms with van der Waals surface area (Å²) < 4.78 is 13.1. The lowest BCUT2D eigenvalue weighted by molar-refractivity contribution is 0.170. The number of nitrogens with one attached hydrogen (secondary N) is 1. The summed E-state index contributed by atoms with van der Waals surface area (Å²) in [6, 6.07) is 13.6. The minimum Gasteiger partial charge on any atom is -0.387 e. The van der Waals surface area contributed by atoms with Crippen molar-refractivity contribution in [2.24, 2.45) is 0 Å². The fraction of sp³-hybridized carbons (Fsp3) is 0.250. The van der Waals surface area contributed by atoms with Gasteiger partial charge >= 0.3 is 0 Å². The molecule has 0 radical (unpaired) electrons. The van der Waals surface area contributed by atoms with Crippen LogP contribution in [0.25, 0.3) is 0 Å². The number of hydrogen-bond donors (Lipinski definition) is 2. The quantitative estimate of drug-likeness (QED) is 0.877. The van der Waals surface area contributed by atoms with Gasteiger partial charge < -0.3 is 10.4 Å². The van der Waals surface area contributed by atoms with Gasteiger partial charge in [-0.15, -0.1) is 0 Å². The highest BCUT2D eigenvalue weighted by Gasteiger charge is 2.11. The average Bonchev–Trinajstić information content (AvgIpc) is 2.44. The third-order valence-electron chi connectivity index (χ3n) is 3.20. The largest absolute Gasteiger partial charge is 0.387 e. The summed E-state index contributed by atoms with van der Waals surface area (Å²) >= 11 is 5.95. The third kappa shape index (κ3) is 4.04. The van der Waals surface area contributed by atoms with E-state index in [9.17, 15) is 9.50 Å². The van der Waals surface area contributed by atoms with Gasteiger partial charge in [-0.05, 0) is 42.3 Å². The van der Waals surface area contributed by atoms with E-state index in [-0.39, 0.29) is 11.9 Å². The summed E-state index contributed by atoms with van der Waals surface area (Å²) in [7, 11) is 0. The van der Waals surface area contributed by atoms with Crippen molar-refractivity contribution in [1.29, 1.82) is 0 Å².